The summed E-state index contributed by atoms with van der Waals surface area (Å²) in [6.07, 6.45) is 2.13. The van der Waals surface area contributed by atoms with Crippen molar-refractivity contribution in [2.45, 2.75) is 19.8 Å². The number of hydrogen-bond donors (Lipinski definition) is 1. The molecule has 2 rings (SSSR count). The summed E-state index contributed by atoms with van der Waals surface area (Å²) < 4.78 is 10.9. The van der Waals surface area contributed by atoms with E-state index >= 15 is 0 Å². The first-order valence-corrected chi connectivity index (χ1v) is 8.01. The first-order valence-electron chi connectivity index (χ1n) is 8.01. The molecule has 0 spiro atoms. The Morgan fingerprint density at radius 2 is 1.74 bits per heavy atom. The molecule has 0 atom stereocenters. The van der Waals surface area contributed by atoms with E-state index in [1.54, 1.807) is 0 Å². The second-order valence-electron chi connectivity index (χ2n) is 5.57. The monoisotopic (exact) mass is 342 g/mol. The van der Waals surface area contributed by atoms with Crippen molar-refractivity contribution < 1.29 is 14.3 Å². The standard InChI is InChI=1S/C17H26N2O3.ClH/c1-3-21-15-4-6-16(7-5-15)22-13-17(20)19-10-8-14(9-11-19)12-18-2;/h4-7,14,18H,3,8-13H2,1-2H3;1H. The summed E-state index contributed by atoms with van der Waals surface area (Å²) in [5, 5.41) is 3.20. The van der Waals surface area contributed by atoms with E-state index in [9.17, 15) is 4.79 Å². The zero-order valence-electron chi connectivity index (χ0n) is 13.9. The van der Waals surface area contributed by atoms with Gasteiger partial charge >= 0.3 is 0 Å². The molecule has 0 saturated carbocycles. The van der Waals surface area contributed by atoms with Crippen molar-refractivity contribution in [3.8, 4) is 11.5 Å². The molecule has 0 aromatic heterocycles. The Morgan fingerprint density at radius 3 is 2.26 bits per heavy atom. The van der Waals surface area contributed by atoms with E-state index in [4.69, 9.17) is 9.47 Å². The Kier molecular flexibility index (Phi) is 8.81. The molecule has 1 saturated heterocycles. The molecule has 1 aliphatic rings. The number of carbonyl (C=O) groups is 1. The van der Waals surface area contributed by atoms with Gasteiger partial charge in [-0.15, -0.1) is 12.4 Å². The van der Waals surface area contributed by atoms with Crippen LogP contribution in [0.5, 0.6) is 11.5 Å². The minimum atomic E-state index is 0. The van der Waals surface area contributed by atoms with Crippen molar-refractivity contribution in [1.29, 1.82) is 0 Å². The highest BCUT2D eigenvalue weighted by atomic mass is 35.5. The number of nitrogens with zero attached hydrogens (tertiary/aromatic N) is 1. The number of piperidine rings is 1. The average molecular weight is 343 g/mol. The van der Waals surface area contributed by atoms with E-state index in [2.05, 4.69) is 5.32 Å². The van der Waals surface area contributed by atoms with Crippen molar-refractivity contribution in [1.82, 2.24) is 10.2 Å². The van der Waals surface area contributed by atoms with Gasteiger partial charge in [-0.3, -0.25) is 4.79 Å². The van der Waals surface area contributed by atoms with Gasteiger partial charge in [0.05, 0.1) is 6.61 Å². The number of benzene rings is 1. The van der Waals surface area contributed by atoms with Crippen LogP contribution in [-0.2, 0) is 4.79 Å². The topological polar surface area (TPSA) is 50.8 Å². The van der Waals surface area contributed by atoms with Gasteiger partial charge < -0.3 is 19.7 Å². The maximum atomic E-state index is 12.2. The number of halogens is 1. The zero-order valence-corrected chi connectivity index (χ0v) is 14.7. The van der Waals surface area contributed by atoms with Crippen molar-refractivity contribution in [2.75, 3.05) is 39.9 Å². The fraction of sp³-hybridized carbons (Fsp3) is 0.588. The second kappa shape index (κ2) is 10.3. The lowest BCUT2D eigenvalue weighted by Crippen LogP contribution is -2.42. The molecule has 0 bridgehead atoms. The summed E-state index contributed by atoms with van der Waals surface area (Å²) in [4.78, 5) is 14.1. The molecule has 1 aromatic carbocycles. The van der Waals surface area contributed by atoms with Crippen LogP contribution in [0.15, 0.2) is 24.3 Å². The summed E-state index contributed by atoms with van der Waals surface area (Å²) in [6, 6.07) is 7.37. The largest absolute Gasteiger partial charge is 0.494 e. The molecule has 6 heteroatoms. The highest BCUT2D eigenvalue weighted by Crippen LogP contribution is 2.19. The van der Waals surface area contributed by atoms with E-state index in [1.165, 1.54) is 0 Å². The number of ether oxygens (including phenoxy) is 2. The van der Waals surface area contributed by atoms with Crippen LogP contribution in [0.2, 0.25) is 0 Å². The lowest BCUT2D eigenvalue weighted by Gasteiger charge is -2.31. The number of amides is 1. The van der Waals surface area contributed by atoms with Gasteiger partial charge in [0, 0.05) is 13.1 Å². The molecule has 1 aromatic rings. The lowest BCUT2D eigenvalue weighted by molar-refractivity contribution is -0.134. The molecule has 23 heavy (non-hydrogen) atoms. The molecule has 130 valence electrons. The van der Waals surface area contributed by atoms with Gasteiger partial charge in [0.25, 0.3) is 5.91 Å². The van der Waals surface area contributed by atoms with Crippen LogP contribution in [0.25, 0.3) is 0 Å². The molecule has 1 fully saturated rings. The number of nitrogens with one attached hydrogen (secondary N) is 1. The van der Waals surface area contributed by atoms with Crippen LogP contribution in [0, 0.1) is 5.92 Å². The van der Waals surface area contributed by atoms with E-state index in [1.807, 2.05) is 43.1 Å². The third kappa shape index (κ3) is 6.28. The Balaban J connectivity index is 0.00000264. The normalized spacial score (nSPS) is 15.0. The molecule has 0 unspecified atom stereocenters. The van der Waals surface area contributed by atoms with Crippen molar-refractivity contribution in [3.63, 3.8) is 0 Å². The minimum Gasteiger partial charge on any atom is -0.494 e. The average Bonchev–Trinajstić information content (AvgIpc) is 2.55. The predicted octanol–water partition coefficient (Wildman–Crippen LogP) is 2.34. The fourth-order valence-electron chi connectivity index (χ4n) is 2.71. The molecule has 0 radical (unpaired) electrons. The van der Waals surface area contributed by atoms with Gasteiger partial charge in [-0.25, -0.2) is 0 Å². The summed E-state index contributed by atoms with van der Waals surface area (Å²) in [5.41, 5.74) is 0. The van der Waals surface area contributed by atoms with E-state index in [0.29, 0.717) is 18.3 Å². The molecule has 1 aliphatic heterocycles. The number of likely N-dealkylation sites (tertiary alicyclic amines) is 1. The highest BCUT2D eigenvalue weighted by molar-refractivity contribution is 5.85. The van der Waals surface area contributed by atoms with Crippen LogP contribution in [-0.4, -0.2) is 50.7 Å². The van der Waals surface area contributed by atoms with Crippen molar-refractivity contribution >= 4 is 18.3 Å². The quantitative estimate of drug-likeness (QED) is 0.826. The predicted molar refractivity (Wildman–Crippen MR) is 93.6 cm³/mol. The first-order chi connectivity index (χ1) is 10.7. The van der Waals surface area contributed by atoms with Gasteiger partial charge in [-0.05, 0) is 63.5 Å². The van der Waals surface area contributed by atoms with Gasteiger partial charge in [-0.2, -0.15) is 0 Å². The lowest BCUT2D eigenvalue weighted by atomic mass is 9.97. The molecule has 1 heterocycles. The van der Waals surface area contributed by atoms with Crippen LogP contribution >= 0.6 is 12.4 Å². The summed E-state index contributed by atoms with van der Waals surface area (Å²) >= 11 is 0. The smallest absolute Gasteiger partial charge is 0.260 e. The fourth-order valence-corrected chi connectivity index (χ4v) is 2.71. The van der Waals surface area contributed by atoms with Crippen molar-refractivity contribution in [3.05, 3.63) is 24.3 Å². The molecular weight excluding hydrogens is 316 g/mol. The molecule has 5 nitrogen and oxygen atoms in total. The van der Waals surface area contributed by atoms with E-state index < -0.39 is 0 Å². The Bertz CT molecular complexity index is 459. The third-order valence-corrected chi connectivity index (χ3v) is 3.96. The Hall–Kier alpha value is -1.46. The summed E-state index contributed by atoms with van der Waals surface area (Å²) in [5.74, 6) is 2.26. The summed E-state index contributed by atoms with van der Waals surface area (Å²) in [6.45, 7) is 5.38. The maximum absolute atomic E-state index is 12.2. The third-order valence-electron chi connectivity index (χ3n) is 3.96. The Labute approximate surface area is 144 Å². The van der Waals surface area contributed by atoms with Crippen LogP contribution in [0.4, 0.5) is 0 Å². The molecule has 1 amide bonds. The molecular formula is C17H27ClN2O3. The van der Waals surface area contributed by atoms with E-state index in [0.717, 1.165) is 38.2 Å². The molecule has 0 aliphatic carbocycles. The SMILES string of the molecule is CCOc1ccc(OCC(=O)N2CCC(CNC)CC2)cc1.Cl. The van der Waals surface area contributed by atoms with Crippen LogP contribution < -0.4 is 14.8 Å². The summed E-state index contributed by atoms with van der Waals surface area (Å²) in [7, 11) is 1.97. The second-order valence-corrected chi connectivity index (χ2v) is 5.57. The van der Waals surface area contributed by atoms with Crippen LogP contribution in [0.3, 0.4) is 0 Å². The van der Waals surface area contributed by atoms with Gasteiger partial charge in [0.2, 0.25) is 0 Å². The zero-order chi connectivity index (χ0) is 15.8. The first kappa shape index (κ1) is 19.6. The number of hydrogen-bond acceptors (Lipinski definition) is 4. The van der Waals surface area contributed by atoms with Gasteiger partial charge in [0.1, 0.15) is 11.5 Å². The highest BCUT2D eigenvalue weighted by Gasteiger charge is 2.22. The number of carbonyl (C=O) groups excluding carboxylic acids is 1. The number of rotatable bonds is 7. The Morgan fingerprint density at radius 1 is 1.17 bits per heavy atom. The van der Waals surface area contributed by atoms with Crippen LogP contribution in [0.1, 0.15) is 19.8 Å². The van der Waals surface area contributed by atoms with Crippen molar-refractivity contribution in [2.24, 2.45) is 5.92 Å². The van der Waals surface area contributed by atoms with E-state index in [-0.39, 0.29) is 24.9 Å². The maximum Gasteiger partial charge on any atom is 0.260 e. The van der Waals surface area contributed by atoms with Gasteiger partial charge in [0.15, 0.2) is 6.61 Å². The molecule has 1 N–H and O–H groups in total. The van der Waals surface area contributed by atoms with Gasteiger partial charge in [-0.1, -0.05) is 0 Å². The minimum absolute atomic E-state index is 0.